The van der Waals surface area contributed by atoms with Crippen LogP contribution in [0.2, 0.25) is 0 Å². The second-order valence-corrected chi connectivity index (χ2v) is 7.21. The summed E-state index contributed by atoms with van der Waals surface area (Å²) in [7, 11) is 3.36. The number of fused-ring (bicyclic) bond motifs is 3. The Morgan fingerprint density at radius 1 is 1.12 bits per heavy atom. The highest BCUT2D eigenvalue weighted by Gasteiger charge is 2.50. The molecule has 4 rings (SSSR count). The van der Waals surface area contributed by atoms with Gasteiger partial charge in [-0.15, -0.1) is 0 Å². The third-order valence-corrected chi connectivity index (χ3v) is 5.75. The third-order valence-electron chi connectivity index (χ3n) is 5.75. The van der Waals surface area contributed by atoms with Gasteiger partial charge in [0.25, 0.3) is 0 Å². The maximum Gasteiger partial charge on any atom is 0.127 e. The van der Waals surface area contributed by atoms with Crippen molar-refractivity contribution in [1.82, 2.24) is 4.90 Å². The van der Waals surface area contributed by atoms with E-state index in [0.29, 0.717) is 13.2 Å². The average molecular weight is 355 g/mol. The van der Waals surface area contributed by atoms with Crippen LogP contribution in [0.4, 0.5) is 0 Å². The number of nitrogens with zero attached hydrogens (tertiary/aromatic N) is 1. The third kappa shape index (κ3) is 2.72. The predicted octanol–water partition coefficient (Wildman–Crippen LogP) is 2.67. The molecule has 0 aromatic heterocycles. The molecular formula is C21H25NO4. The minimum atomic E-state index is -0.260. The van der Waals surface area contributed by atoms with Crippen LogP contribution in [-0.4, -0.2) is 50.5 Å². The molecule has 5 heteroatoms. The molecular weight excluding hydrogens is 330 g/mol. The molecule has 2 aromatic rings. The molecule has 1 N–H and O–H groups in total. The Labute approximate surface area is 154 Å². The Morgan fingerprint density at radius 3 is 2.54 bits per heavy atom. The highest BCUT2D eigenvalue weighted by molar-refractivity contribution is 5.45. The summed E-state index contributed by atoms with van der Waals surface area (Å²) < 4.78 is 17.1. The van der Waals surface area contributed by atoms with E-state index >= 15 is 0 Å². The summed E-state index contributed by atoms with van der Waals surface area (Å²) in [5.41, 5.74) is 1.98. The summed E-state index contributed by atoms with van der Waals surface area (Å²) in [6, 6.07) is 14.0. The van der Waals surface area contributed by atoms with E-state index in [4.69, 9.17) is 14.2 Å². The van der Waals surface area contributed by atoms with Crippen LogP contribution >= 0.6 is 0 Å². The van der Waals surface area contributed by atoms with Gasteiger partial charge in [-0.2, -0.15) is 0 Å². The van der Waals surface area contributed by atoms with Gasteiger partial charge in [-0.1, -0.05) is 24.3 Å². The second-order valence-electron chi connectivity index (χ2n) is 7.21. The number of benzene rings is 2. The molecule has 2 atom stereocenters. The maximum atomic E-state index is 10.2. The van der Waals surface area contributed by atoms with Crippen molar-refractivity contribution < 1.29 is 19.3 Å². The molecule has 1 fully saturated rings. The monoisotopic (exact) mass is 355 g/mol. The lowest BCUT2D eigenvalue weighted by molar-refractivity contribution is 0.0457. The topological polar surface area (TPSA) is 51.2 Å². The summed E-state index contributed by atoms with van der Waals surface area (Å²) in [5.74, 6) is 2.86. The average Bonchev–Trinajstić information content (AvgIpc) is 3.07. The molecule has 0 amide bonds. The number of rotatable bonds is 5. The Balaban J connectivity index is 1.64. The van der Waals surface area contributed by atoms with E-state index in [-0.39, 0.29) is 17.9 Å². The molecule has 2 aromatic carbocycles. The van der Waals surface area contributed by atoms with Crippen molar-refractivity contribution in [2.24, 2.45) is 5.41 Å². The largest absolute Gasteiger partial charge is 0.496 e. The second kappa shape index (κ2) is 6.82. The van der Waals surface area contributed by atoms with Gasteiger partial charge in [0.15, 0.2) is 0 Å². The Kier molecular flexibility index (Phi) is 4.51. The van der Waals surface area contributed by atoms with E-state index in [2.05, 4.69) is 11.0 Å². The lowest BCUT2D eigenvalue weighted by Gasteiger charge is -2.38. The van der Waals surface area contributed by atoms with Gasteiger partial charge in [-0.05, 0) is 23.8 Å². The van der Waals surface area contributed by atoms with E-state index in [1.54, 1.807) is 14.2 Å². The molecule has 0 bridgehead atoms. The van der Waals surface area contributed by atoms with Crippen LogP contribution in [0, 0.1) is 5.41 Å². The van der Waals surface area contributed by atoms with Gasteiger partial charge in [0.05, 0.1) is 33.0 Å². The van der Waals surface area contributed by atoms with Gasteiger partial charge in [-0.25, -0.2) is 0 Å². The molecule has 5 nitrogen and oxygen atoms in total. The van der Waals surface area contributed by atoms with Crippen LogP contribution in [-0.2, 0) is 6.54 Å². The fourth-order valence-electron chi connectivity index (χ4n) is 4.40. The molecule has 138 valence electrons. The van der Waals surface area contributed by atoms with E-state index in [9.17, 15) is 5.11 Å². The molecule has 0 aliphatic carbocycles. The Morgan fingerprint density at radius 2 is 1.85 bits per heavy atom. The van der Waals surface area contributed by atoms with Crippen LogP contribution in [0.3, 0.4) is 0 Å². The summed E-state index contributed by atoms with van der Waals surface area (Å²) >= 11 is 0. The normalized spacial score (nSPS) is 24.5. The van der Waals surface area contributed by atoms with Crippen molar-refractivity contribution in [1.29, 1.82) is 0 Å². The van der Waals surface area contributed by atoms with Crippen LogP contribution in [0.1, 0.15) is 17.0 Å². The van der Waals surface area contributed by atoms with Gasteiger partial charge in [0.1, 0.15) is 17.2 Å². The van der Waals surface area contributed by atoms with Crippen LogP contribution in [0.25, 0.3) is 0 Å². The highest BCUT2D eigenvalue weighted by atomic mass is 16.5. The summed E-state index contributed by atoms with van der Waals surface area (Å²) in [4.78, 5) is 2.37. The standard InChI is InChI=1S/C21H25NO4/c1-24-18-8-5-9-19(25-2)16(18)10-22-11-17-15-6-3-4-7-20(15)26-14-21(17,12-22)13-23/h3-9,17,23H,10-14H2,1-2H3/t17-,21-/m1/s1. The predicted molar refractivity (Wildman–Crippen MR) is 99.0 cm³/mol. The van der Waals surface area contributed by atoms with Crippen molar-refractivity contribution in [3.05, 3.63) is 53.6 Å². The first-order valence-electron chi connectivity index (χ1n) is 8.95. The fourth-order valence-corrected chi connectivity index (χ4v) is 4.40. The van der Waals surface area contributed by atoms with E-state index in [1.807, 2.05) is 36.4 Å². The highest BCUT2D eigenvalue weighted by Crippen LogP contribution is 2.49. The summed E-state index contributed by atoms with van der Waals surface area (Å²) in [6.07, 6.45) is 0. The van der Waals surface area contributed by atoms with Gasteiger partial charge < -0.3 is 19.3 Å². The first-order valence-corrected chi connectivity index (χ1v) is 8.95. The lowest BCUT2D eigenvalue weighted by Crippen LogP contribution is -2.42. The number of likely N-dealkylation sites (tertiary alicyclic amines) is 1. The minimum absolute atomic E-state index is 0.117. The molecule has 0 saturated carbocycles. The van der Waals surface area contributed by atoms with E-state index in [1.165, 1.54) is 5.56 Å². The first-order chi connectivity index (χ1) is 12.7. The molecule has 0 unspecified atom stereocenters. The van der Waals surface area contributed by atoms with Crippen LogP contribution in [0.15, 0.2) is 42.5 Å². The molecule has 1 saturated heterocycles. The summed E-state index contributed by atoms with van der Waals surface area (Å²) in [5, 5.41) is 10.2. The van der Waals surface area contributed by atoms with Crippen LogP contribution < -0.4 is 14.2 Å². The minimum Gasteiger partial charge on any atom is -0.496 e. The van der Waals surface area contributed by atoms with E-state index < -0.39 is 0 Å². The maximum absolute atomic E-state index is 10.2. The molecule has 0 radical (unpaired) electrons. The molecule has 26 heavy (non-hydrogen) atoms. The number of para-hydroxylation sites is 1. The van der Waals surface area contributed by atoms with Crippen molar-refractivity contribution in [3.63, 3.8) is 0 Å². The Hall–Kier alpha value is -2.24. The Bertz CT molecular complexity index is 771. The first kappa shape index (κ1) is 17.2. The van der Waals surface area contributed by atoms with E-state index in [0.717, 1.165) is 35.9 Å². The number of methoxy groups -OCH3 is 2. The number of aliphatic hydroxyl groups excluding tert-OH is 1. The van der Waals surface area contributed by atoms with Crippen molar-refractivity contribution in [3.8, 4) is 17.2 Å². The van der Waals surface area contributed by atoms with Crippen molar-refractivity contribution >= 4 is 0 Å². The lowest BCUT2D eigenvalue weighted by atomic mass is 9.74. The number of hydrogen-bond acceptors (Lipinski definition) is 5. The number of ether oxygens (including phenoxy) is 3. The van der Waals surface area contributed by atoms with Crippen molar-refractivity contribution in [2.75, 3.05) is 40.5 Å². The SMILES string of the molecule is COc1cccc(OC)c1CN1C[C@@H]2c3ccccc3OC[C@]2(CO)C1. The zero-order valence-electron chi connectivity index (χ0n) is 15.3. The molecule has 2 heterocycles. The summed E-state index contributed by atoms with van der Waals surface area (Å²) in [6.45, 7) is 3.04. The molecule has 2 aliphatic heterocycles. The fraction of sp³-hybridized carbons (Fsp3) is 0.429. The van der Waals surface area contributed by atoms with Gasteiger partial charge >= 0.3 is 0 Å². The van der Waals surface area contributed by atoms with Crippen molar-refractivity contribution in [2.45, 2.75) is 12.5 Å². The van der Waals surface area contributed by atoms with Gasteiger partial charge in [0, 0.05) is 31.0 Å². The number of hydrogen-bond donors (Lipinski definition) is 1. The smallest absolute Gasteiger partial charge is 0.127 e. The van der Waals surface area contributed by atoms with Gasteiger partial charge in [-0.3, -0.25) is 4.90 Å². The number of aliphatic hydroxyl groups is 1. The zero-order valence-corrected chi connectivity index (χ0v) is 15.3. The quantitative estimate of drug-likeness (QED) is 0.894. The van der Waals surface area contributed by atoms with Gasteiger partial charge in [0.2, 0.25) is 0 Å². The zero-order chi connectivity index (χ0) is 18.1. The molecule has 2 aliphatic rings. The molecule has 0 spiro atoms. The van der Waals surface area contributed by atoms with Crippen LogP contribution in [0.5, 0.6) is 17.2 Å².